The number of nitrogens with two attached hydrogens (primary N) is 1. The second kappa shape index (κ2) is 6.11. The molecule has 1 aromatic carbocycles. The zero-order valence-electron chi connectivity index (χ0n) is 14.3. The monoisotopic (exact) mass is 338 g/mol. The van der Waals surface area contributed by atoms with E-state index in [0.717, 1.165) is 32.4 Å². The molecule has 1 atom stereocenters. The number of hydrogen-bond acceptors (Lipinski definition) is 6. The van der Waals surface area contributed by atoms with Crippen LogP contribution < -0.4 is 10.6 Å². The molecule has 0 unspecified atom stereocenters. The lowest BCUT2D eigenvalue weighted by molar-refractivity contribution is 0.0594. The van der Waals surface area contributed by atoms with Gasteiger partial charge in [-0.3, -0.25) is 0 Å². The summed E-state index contributed by atoms with van der Waals surface area (Å²) in [5, 5.41) is 0. The zero-order chi connectivity index (χ0) is 17.4. The van der Waals surface area contributed by atoms with Crippen LogP contribution in [0.2, 0.25) is 0 Å². The highest BCUT2D eigenvalue weighted by Crippen LogP contribution is 2.50. The van der Waals surface area contributed by atoms with Crippen LogP contribution in [-0.2, 0) is 11.2 Å². The Hall–Kier alpha value is -2.47. The van der Waals surface area contributed by atoms with Crippen molar-refractivity contribution in [3.63, 3.8) is 0 Å². The predicted octanol–water partition coefficient (Wildman–Crippen LogP) is 2.11. The van der Waals surface area contributed by atoms with E-state index in [2.05, 4.69) is 39.1 Å². The summed E-state index contributed by atoms with van der Waals surface area (Å²) in [6.45, 7) is 1.62. The Kier molecular flexibility index (Phi) is 3.92. The Bertz CT molecular complexity index is 800. The number of esters is 1. The van der Waals surface area contributed by atoms with Gasteiger partial charge in [-0.15, -0.1) is 0 Å². The third-order valence-electron chi connectivity index (χ3n) is 5.71. The molecule has 2 heterocycles. The van der Waals surface area contributed by atoms with Gasteiger partial charge in [0, 0.05) is 31.5 Å². The van der Waals surface area contributed by atoms with E-state index in [1.165, 1.54) is 24.4 Å². The molecule has 130 valence electrons. The van der Waals surface area contributed by atoms with Gasteiger partial charge in [0.05, 0.1) is 7.11 Å². The van der Waals surface area contributed by atoms with Crippen LogP contribution in [0.3, 0.4) is 0 Å². The van der Waals surface area contributed by atoms with Gasteiger partial charge in [0.2, 0.25) is 0 Å². The van der Waals surface area contributed by atoms with Gasteiger partial charge in [-0.2, -0.15) is 0 Å². The molecule has 1 aliphatic carbocycles. The van der Waals surface area contributed by atoms with E-state index in [1.54, 1.807) is 6.20 Å². The van der Waals surface area contributed by atoms with E-state index in [1.807, 2.05) is 0 Å². The molecule has 2 N–H and O–H groups in total. The summed E-state index contributed by atoms with van der Waals surface area (Å²) in [6, 6.07) is 8.57. The second-order valence-electron chi connectivity index (χ2n) is 6.92. The van der Waals surface area contributed by atoms with Gasteiger partial charge in [-0.05, 0) is 35.8 Å². The molecule has 1 saturated heterocycles. The predicted molar refractivity (Wildman–Crippen MR) is 94.3 cm³/mol. The first-order valence-electron chi connectivity index (χ1n) is 8.62. The highest BCUT2D eigenvalue weighted by molar-refractivity contribution is 5.92. The number of nitrogens with zero attached hydrogens (tertiary/aromatic N) is 3. The van der Waals surface area contributed by atoms with Crippen molar-refractivity contribution in [3.8, 4) is 0 Å². The third kappa shape index (κ3) is 2.57. The molecule has 2 aromatic rings. The number of piperidine rings is 1. The van der Waals surface area contributed by atoms with E-state index in [9.17, 15) is 4.79 Å². The highest BCUT2D eigenvalue weighted by Gasteiger charge is 2.46. The maximum atomic E-state index is 12.0. The lowest BCUT2D eigenvalue weighted by Gasteiger charge is -2.42. The van der Waals surface area contributed by atoms with Crippen LogP contribution in [0.5, 0.6) is 0 Å². The fraction of sp³-hybridized carbons (Fsp3) is 0.421. The van der Waals surface area contributed by atoms with E-state index < -0.39 is 5.97 Å². The Labute approximate surface area is 147 Å². The number of carbonyl (C=O) groups excluding carboxylic acids is 1. The number of methoxy groups -OCH3 is 1. The highest BCUT2D eigenvalue weighted by atomic mass is 16.5. The van der Waals surface area contributed by atoms with Gasteiger partial charge in [-0.25, -0.2) is 14.8 Å². The van der Waals surface area contributed by atoms with Gasteiger partial charge in [0.15, 0.2) is 11.5 Å². The smallest absolute Gasteiger partial charge is 0.360 e. The number of rotatable bonds is 2. The molecule has 4 rings (SSSR count). The normalized spacial score (nSPS) is 21.2. The minimum Gasteiger partial charge on any atom is -0.464 e. The van der Waals surface area contributed by atoms with Crippen molar-refractivity contribution in [2.45, 2.75) is 25.3 Å². The Balaban J connectivity index is 1.55. The molecule has 1 aliphatic heterocycles. The van der Waals surface area contributed by atoms with Crippen molar-refractivity contribution >= 4 is 11.8 Å². The average Bonchev–Trinajstić information content (AvgIpc) is 2.94. The maximum absolute atomic E-state index is 12.0. The third-order valence-corrected chi connectivity index (χ3v) is 5.71. The van der Waals surface area contributed by atoms with Crippen LogP contribution in [0.4, 0.5) is 5.82 Å². The van der Waals surface area contributed by atoms with Gasteiger partial charge in [0.1, 0.15) is 0 Å². The molecule has 0 bridgehead atoms. The number of carbonyl (C=O) groups is 1. The molecule has 2 aliphatic rings. The lowest BCUT2D eigenvalue weighted by Crippen LogP contribution is -2.45. The van der Waals surface area contributed by atoms with Crippen LogP contribution >= 0.6 is 0 Å². The number of aromatic nitrogens is 2. The first-order chi connectivity index (χ1) is 12.1. The topological polar surface area (TPSA) is 81.3 Å². The number of fused-ring (bicyclic) bond motifs is 1. The van der Waals surface area contributed by atoms with E-state index in [-0.39, 0.29) is 17.2 Å². The van der Waals surface area contributed by atoms with Gasteiger partial charge >= 0.3 is 5.97 Å². The molecule has 1 aromatic heterocycles. The summed E-state index contributed by atoms with van der Waals surface area (Å²) in [5.41, 5.74) is 9.66. The summed E-state index contributed by atoms with van der Waals surface area (Å²) in [7, 11) is 1.36. The first-order valence-corrected chi connectivity index (χ1v) is 8.62. The summed E-state index contributed by atoms with van der Waals surface area (Å²) < 4.78 is 4.83. The molecule has 1 spiro atoms. The summed E-state index contributed by atoms with van der Waals surface area (Å²) in [4.78, 5) is 22.6. The van der Waals surface area contributed by atoms with Crippen LogP contribution in [0, 0.1) is 5.41 Å². The number of hydrogen-bond donors (Lipinski definition) is 1. The average molecular weight is 338 g/mol. The molecular weight excluding hydrogens is 316 g/mol. The van der Waals surface area contributed by atoms with Gasteiger partial charge in [-0.1, -0.05) is 24.3 Å². The molecule has 1 fully saturated rings. The molecule has 0 radical (unpaired) electrons. The van der Waals surface area contributed by atoms with Crippen molar-refractivity contribution in [3.05, 3.63) is 53.5 Å². The number of anilines is 1. The van der Waals surface area contributed by atoms with Crippen molar-refractivity contribution in [2.24, 2.45) is 11.1 Å². The van der Waals surface area contributed by atoms with Crippen LogP contribution in [0.1, 0.15) is 40.5 Å². The van der Waals surface area contributed by atoms with Crippen molar-refractivity contribution in [1.29, 1.82) is 0 Å². The fourth-order valence-electron chi connectivity index (χ4n) is 4.27. The number of ether oxygens (including phenoxy) is 1. The van der Waals surface area contributed by atoms with Crippen LogP contribution in [0.25, 0.3) is 0 Å². The van der Waals surface area contributed by atoms with Crippen LogP contribution in [-0.4, -0.2) is 36.1 Å². The maximum Gasteiger partial charge on any atom is 0.360 e. The Morgan fingerprint density at radius 2 is 1.96 bits per heavy atom. The van der Waals surface area contributed by atoms with Crippen molar-refractivity contribution in [1.82, 2.24) is 9.97 Å². The Morgan fingerprint density at radius 3 is 2.68 bits per heavy atom. The molecular formula is C19H22N4O2. The van der Waals surface area contributed by atoms with E-state index in [4.69, 9.17) is 10.5 Å². The zero-order valence-corrected chi connectivity index (χ0v) is 14.3. The SMILES string of the molecule is COC(=O)c1nccnc1N1CCC2(CC1)Cc1ccccc1[C@H]2N. The summed E-state index contributed by atoms with van der Waals surface area (Å²) >= 11 is 0. The quantitative estimate of drug-likeness (QED) is 0.845. The Morgan fingerprint density at radius 1 is 1.24 bits per heavy atom. The lowest BCUT2D eigenvalue weighted by atomic mass is 9.73. The molecule has 6 nitrogen and oxygen atoms in total. The summed E-state index contributed by atoms with van der Waals surface area (Å²) in [6.07, 6.45) is 6.11. The first kappa shape index (κ1) is 16.0. The van der Waals surface area contributed by atoms with Crippen LogP contribution in [0.15, 0.2) is 36.7 Å². The molecule has 6 heteroatoms. The largest absolute Gasteiger partial charge is 0.464 e. The van der Waals surface area contributed by atoms with Gasteiger partial charge in [0.25, 0.3) is 0 Å². The molecule has 0 saturated carbocycles. The second-order valence-corrected chi connectivity index (χ2v) is 6.92. The fourth-order valence-corrected chi connectivity index (χ4v) is 4.27. The molecule has 25 heavy (non-hydrogen) atoms. The van der Waals surface area contributed by atoms with Gasteiger partial charge < -0.3 is 15.4 Å². The molecule has 0 amide bonds. The minimum atomic E-state index is -0.451. The summed E-state index contributed by atoms with van der Waals surface area (Å²) in [5.74, 6) is 0.154. The van der Waals surface area contributed by atoms with Crippen molar-refractivity contribution < 1.29 is 9.53 Å². The van der Waals surface area contributed by atoms with E-state index >= 15 is 0 Å². The minimum absolute atomic E-state index is 0.0767. The van der Waals surface area contributed by atoms with Crippen molar-refractivity contribution in [2.75, 3.05) is 25.1 Å². The standard InChI is InChI=1S/C19H22N4O2/c1-25-18(24)15-17(22-9-8-21-15)23-10-6-19(7-11-23)12-13-4-2-3-5-14(13)16(19)20/h2-5,8-9,16H,6-7,10-12,20H2,1H3/t16-/m1/s1. The number of benzene rings is 1. The van der Waals surface area contributed by atoms with E-state index in [0.29, 0.717) is 5.82 Å².